The summed E-state index contributed by atoms with van der Waals surface area (Å²) in [6.45, 7) is 3.45. The van der Waals surface area contributed by atoms with Crippen LogP contribution in [0.2, 0.25) is 0 Å². The summed E-state index contributed by atoms with van der Waals surface area (Å²) in [6, 6.07) is 0.572. The smallest absolute Gasteiger partial charge is 0.0794 e. The minimum Gasteiger partial charge on any atom is -0.309 e. The van der Waals surface area contributed by atoms with Gasteiger partial charge in [-0.05, 0) is 18.9 Å². The van der Waals surface area contributed by atoms with E-state index in [2.05, 4.69) is 17.2 Å². The van der Waals surface area contributed by atoms with E-state index < -0.39 is 0 Å². The third kappa shape index (κ3) is 1.30. The minimum absolute atomic E-state index is 0.572. The van der Waals surface area contributed by atoms with Crippen LogP contribution >= 0.6 is 11.3 Å². The highest BCUT2D eigenvalue weighted by Crippen LogP contribution is 2.30. The Kier molecular flexibility index (Phi) is 1.92. The summed E-state index contributed by atoms with van der Waals surface area (Å²) in [6.07, 6.45) is 3.27. The van der Waals surface area contributed by atoms with Gasteiger partial charge in [0.2, 0.25) is 0 Å². The average molecular weight is 168 g/mol. The summed E-state index contributed by atoms with van der Waals surface area (Å²) >= 11 is 1.75. The minimum atomic E-state index is 0.572. The first-order valence-electron chi connectivity index (χ1n) is 3.99. The van der Waals surface area contributed by atoms with Gasteiger partial charge in [0.05, 0.1) is 5.51 Å². The molecule has 1 aliphatic heterocycles. The average Bonchev–Trinajstić information content (AvgIpc) is 2.55. The summed E-state index contributed by atoms with van der Waals surface area (Å²) in [5, 5.41) is 3.48. The molecule has 0 saturated carbocycles. The van der Waals surface area contributed by atoms with Crippen LogP contribution in [0.4, 0.5) is 0 Å². The Bertz CT molecular complexity index is 220. The molecule has 1 fully saturated rings. The molecule has 2 heterocycles. The summed E-state index contributed by atoms with van der Waals surface area (Å²) in [5.41, 5.74) is 1.90. The fourth-order valence-corrected chi connectivity index (χ4v) is 2.42. The van der Waals surface area contributed by atoms with E-state index in [1.165, 1.54) is 11.3 Å². The van der Waals surface area contributed by atoms with Crippen molar-refractivity contribution in [3.8, 4) is 0 Å². The maximum absolute atomic E-state index is 4.08. The highest BCUT2D eigenvalue weighted by atomic mass is 32.1. The maximum Gasteiger partial charge on any atom is 0.0794 e. The zero-order valence-corrected chi connectivity index (χ0v) is 7.40. The van der Waals surface area contributed by atoms with Gasteiger partial charge in [-0.3, -0.25) is 4.98 Å². The number of nitrogens with zero attached hydrogens (tertiary/aromatic N) is 1. The van der Waals surface area contributed by atoms with E-state index in [-0.39, 0.29) is 0 Å². The Morgan fingerprint density at radius 2 is 2.64 bits per heavy atom. The largest absolute Gasteiger partial charge is 0.309 e. The molecule has 1 aromatic heterocycles. The molecule has 1 N–H and O–H groups in total. The zero-order valence-electron chi connectivity index (χ0n) is 6.58. The topological polar surface area (TPSA) is 24.9 Å². The fraction of sp³-hybridized carbons (Fsp3) is 0.625. The van der Waals surface area contributed by atoms with E-state index in [1.807, 2.05) is 11.7 Å². The van der Waals surface area contributed by atoms with Gasteiger partial charge >= 0.3 is 0 Å². The van der Waals surface area contributed by atoms with Crippen LogP contribution in [-0.4, -0.2) is 11.5 Å². The van der Waals surface area contributed by atoms with Crippen molar-refractivity contribution in [3.05, 3.63) is 16.6 Å². The molecule has 0 bridgehead atoms. The molecule has 0 radical (unpaired) electrons. The van der Waals surface area contributed by atoms with Crippen LogP contribution in [0.5, 0.6) is 0 Å². The van der Waals surface area contributed by atoms with Crippen molar-refractivity contribution in [1.29, 1.82) is 0 Å². The lowest BCUT2D eigenvalue weighted by Gasteiger charge is -2.11. The van der Waals surface area contributed by atoms with Gasteiger partial charge in [0.15, 0.2) is 0 Å². The number of thiazole rings is 1. The molecule has 11 heavy (non-hydrogen) atoms. The normalized spacial score (nSPS) is 31.0. The first-order chi connectivity index (χ1) is 5.38. The van der Waals surface area contributed by atoms with Gasteiger partial charge in [-0.15, -0.1) is 11.3 Å². The molecule has 1 aromatic rings. The molecule has 1 saturated heterocycles. The highest BCUT2D eigenvalue weighted by Gasteiger charge is 2.24. The van der Waals surface area contributed by atoms with E-state index in [0.29, 0.717) is 6.04 Å². The van der Waals surface area contributed by atoms with Gasteiger partial charge in [0, 0.05) is 17.1 Å². The molecular weight excluding hydrogens is 156 g/mol. The summed E-state index contributed by atoms with van der Waals surface area (Å²) < 4.78 is 0. The van der Waals surface area contributed by atoms with Crippen LogP contribution in [0.1, 0.15) is 24.3 Å². The van der Waals surface area contributed by atoms with Crippen molar-refractivity contribution >= 4 is 11.3 Å². The SMILES string of the molecule is C[C@H]1CCN[C@@H]1c1cncs1. The standard InChI is InChI=1S/C8H12N2S/c1-6-2-3-10-8(6)7-4-9-5-11-7/h4-6,8,10H,2-3H2,1H3/t6-,8-/m0/s1. The molecule has 0 amide bonds. The Morgan fingerprint density at radius 1 is 1.73 bits per heavy atom. The molecule has 1 aliphatic rings. The number of hydrogen-bond acceptors (Lipinski definition) is 3. The Hall–Kier alpha value is -0.410. The van der Waals surface area contributed by atoms with Gasteiger partial charge in [0.25, 0.3) is 0 Å². The summed E-state index contributed by atoms with van der Waals surface area (Å²) in [5.74, 6) is 0.774. The lowest BCUT2D eigenvalue weighted by atomic mass is 10.0. The molecular formula is C8H12N2S. The third-order valence-electron chi connectivity index (χ3n) is 2.29. The third-order valence-corrected chi connectivity index (χ3v) is 3.15. The van der Waals surface area contributed by atoms with Crippen LogP contribution < -0.4 is 5.32 Å². The molecule has 0 spiro atoms. The van der Waals surface area contributed by atoms with E-state index in [0.717, 1.165) is 12.5 Å². The van der Waals surface area contributed by atoms with Gasteiger partial charge in [-0.25, -0.2) is 0 Å². The van der Waals surface area contributed by atoms with E-state index in [1.54, 1.807) is 11.3 Å². The Labute approximate surface area is 70.7 Å². The molecule has 2 nitrogen and oxygen atoms in total. The first kappa shape index (κ1) is 7.25. The number of aromatic nitrogens is 1. The van der Waals surface area contributed by atoms with Crippen molar-refractivity contribution in [2.75, 3.05) is 6.54 Å². The van der Waals surface area contributed by atoms with Crippen LogP contribution in [0.3, 0.4) is 0 Å². The summed E-state index contributed by atoms with van der Waals surface area (Å²) in [7, 11) is 0. The van der Waals surface area contributed by atoms with Crippen LogP contribution in [0.15, 0.2) is 11.7 Å². The Balaban J connectivity index is 2.16. The monoisotopic (exact) mass is 168 g/mol. The molecule has 0 aromatic carbocycles. The first-order valence-corrected chi connectivity index (χ1v) is 4.87. The van der Waals surface area contributed by atoms with Crippen molar-refractivity contribution in [3.63, 3.8) is 0 Å². The van der Waals surface area contributed by atoms with Crippen LogP contribution in [0.25, 0.3) is 0 Å². The number of hydrogen-bond donors (Lipinski definition) is 1. The van der Waals surface area contributed by atoms with E-state index in [9.17, 15) is 0 Å². The van der Waals surface area contributed by atoms with Crippen LogP contribution in [-0.2, 0) is 0 Å². The second kappa shape index (κ2) is 2.91. The predicted octanol–water partition coefficient (Wildman–Crippen LogP) is 1.81. The maximum atomic E-state index is 4.08. The molecule has 60 valence electrons. The number of rotatable bonds is 1. The predicted molar refractivity (Wildman–Crippen MR) is 46.6 cm³/mol. The van der Waals surface area contributed by atoms with E-state index >= 15 is 0 Å². The second-order valence-corrected chi connectivity index (χ2v) is 4.02. The fourth-order valence-electron chi connectivity index (χ4n) is 1.59. The Morgan fingerprint density at radius 3 is 3.18 bits per heavy atom. The van der Waals surface area contributed by atoms with Crippen molar-refractivity contribution in [1.82, 2.24) is 10.3 Å². The highest BCUT2D eigenvalue weighted by molar-refractivity contribution is 7.09. The van der Waals surface area contributed by atoms with Crippen LogP contribution in [0, 0.1) is 5.92 Å². The molecule has 0 aliphatic carbocycles. The van der Waals surface area contributed by atoms with E-state index in [4.69, 9.17) is 0 Å². The molecule has 3 heteroatoms. The quantitative estimate of drug-likeness (QED) is 0.691. The number of nitrogens with one attached hydrogen (secondary N) is 1. The molecule has 2 atom stereocenters. The zero-order chi connectivity index (χ0) is 7.68. The van der Waals surface area contributed by atoms with Crippen molar-refractivity contribution in [2.24, 2.45) is 5.92 Å². The van der Waals surface area contributed by atoms with Crippen molar-refractivity contribution in [2.45, 2.75) is 19.4 Å². The molecule has 2 rings (SSSR count). The lowest BCUT2D eigenvalue weighted by Crippen LogP contribution is -2.14. The lowest BCUT2D eigenvalue weighted by molar-refractivity contribution is 0.510. The van der Waals surface area contributed by atoms with Gasteiger partial charge in [-0.2, -0.15) is 0 Å². The van der Waals surface area contributed by atoms with Gasteiger partial charge < -0.3 is 5.32 Å². The van der Waals surface area contributed by atoms with Crippen molar-refractivity contribution < 1.29 is 0 Å². The molecule has 0 unspecified atom stereocenters. The summed E-state index contributed by atoms with van der Waals surface area (Å²) in [4.78, 5) is 5.46. The van der Waals surface area contributed by atoms with Gasteiger partial charge in [-0.1, -0.05) is 6.92 Å². The second-order valence-electron chi connectivity index (χ2n) is 3.10. The van der Waals surface area contributed by atoms with Gasteiger partial charge in [0.1, 0.15) is 0 Å².